The molecule has 0 aromatic heterocycles. The Kier molecular flexibility index (Phi) is 8.39. The largest absolute Gasteiger partial charge is 0.454 e. The Hall–Kier alpha value is -2.13. The van der Waals surface area contributed by atoms with Crippen LogP contribution in [0.15, 0.2) is 24.3 Å². The van der Waals surface area contributed by atoms with Crippen LogP contribution in [0.25, 0.3) is 0 Å². The third-order valence-electron chi connectivity index (χ3n) is 6.27. The molecule has 1 N–H and O–H groups in total. The molecule has 1 unspecified atom stereocenters. The smallest absolute Gasteiger partial charge is 0.329 e. The third-order valence-corrected chi connectivity index (χ3v) is 8.35. The molecule has 0 spiro atoms. The SMILES string of the molecule is CC(C)[C@H](NC(=O)c1ccccc1Cl)C(=O)OCC(=O)N(C1CCCC1)C1CCS(=O)(=O)C1. The highest BCUT2D eigenvalue weighted by atomic mass is 35.5. The Morgan fingerprint density at radius 3 is 2.36 bits per heavy atom. The highest BCUT2D eigenvalue weighted by molar-refractivity contribution is 7.91. The van der Waals surface area contributed by atoms with Crippen LogP contribution in [0.5, 0.6) is 0 Å². The van der Waals surface area contributed by atoms with Gasteiger partial charge in [-0.3, -0.25) is 9.59 Å². The van der Waals surface area contributed by atoms with Crippen molar-refractivity contribution in [3.8, 4) is 0 Å². The minimum atomic E-state index is -3.16. The number of sulfone groups is 1. The van der Waals surface area contributed by atoms with Gasteiger partial charge in [-0.2, -0.15) is 0 Å². The zero-order valence-electron chi connectivity index (χ0n) is 19.0. The molecule has 10 heteroatoms. The maximum Gasteiger partial charge on any atom is 0.329 e. The van der Waals surface area contributed by atoms with Gasteiger partial charge in [-0.05, 0) is 37.3 Å². The molecule has 1 aromatic rings. The van der Waals surface area contributed by atoms with Crippen LogP contribution in [0.1, 0.15) is 56.3 Å². The van der Waals surface area contributed by atoms with Gasteiger partial charge in [0.25, 0.3) is 11.8 Å². The van der Waals surface area contributed by atoms with Crippen LogP contribution in [0.2, 0.25) is 5.02 Å². The van der Waals surface area contributed by atoms with Crippen LogP contribution in [-0.4, -0.2) is 67.3 Å². The van der Waals surface area contributed by atoms with Crippen LogP contribution in [0.4, 0.5) is 0 Å². The second-order valence-corrected chi connectivity index (χ2v) is 11.7. The highest BCUT2D eigenvalue weighted by Gasteiger charge is 2.39. The van der Waals surface area contributed by atoms with Gasteiger partial charge in [0, 0.05) is 12.1 Å². The predicted octanol–water partition coefficient (Wildman–Crippen LogP) is 2.60. The molecular weight excluding hydrogens is 468 g/mol. The molecule has 0 radical (unpaired) electrons. The molecule has 1 saturated carbocycles. The number of halogens is 1. The summed E-state index contributed by atoms with van der Waals surface area (Å²) in [6.45, 7) is 3.03. The van der Waals surface area contributed by atoms with Gasteiger partial charge in [0.2, 0.25) is 0 Å². The molecule has 8 nitrogen and oxygen atoms in total. The lowest BCUT2D eigenvalue weighted by Crippen LogP contribution is -2.50. The number of hydrogen-bond donors (Lipinski definition) is 1. The molecule has 2 amide bonds. The van der Waals surface area contributed by atoms with Crippen LogP contribution < -0.4 is 5.32 Å². The summed E-state index contributed by atoms with van der Waals surface area (Å²) < 4.78 is 29.3. The lowest BCUT2D eigenvalue weighted by Gasteiger charge is -2.34. The van der Waals surface area contributed by atoms with Crippen molar-refractivity contribution in [1.29, 1.82) is 0 Å². The molecular formula is C23H31ClN2O6S. The first-order valence-corrected chi connectivity index (χ1v) is 13.5. The predicted molar refractivity (Wildman–Crippen MR) is 125 cm³/mol. The van der Waals surface area contributed by atoms with Crippen molar-refractivity contribution in [1.82, 2.24) is 10.2 Å². The number of benzene rings is 1. The van der Waals surface area contributed by atoms with Crippen LogP contribution >= 0.6 is 11.6 Å². The van der Waals surface area contributed by atoms with Crippen molar-refractivity contribution < 1.29 is 27.5 Å². The summed E-state index contributed by atoms with van der Waals surface area (Å²) in [6.07, 6.45) is 4.01. The molecule has 1 aromatic carbocycles. The van der Waals surface area contributed by atoms with Crippen molar-refractivity contribution in [3.63, 3.8) is 0 Å². The van der Waals surface area contributed by atoms with E-state index in [2.05, 4.69) is 5.32 Å². The van der Waals surface area contributed by atoms with Gasteiger partial charge in [0.1, 0.15) is 6.04 Å². The molecule has 3 rings (SSSR count). The first kappa shape index (κ1) is 25.5. The molecule has 1 heterocycles. The molecule has 0 bridgehead atoms. The molecule has 1 aliphatic heterocycles. The van der Waals surface area contributed by atoms with Gasteiger partial charge in [-0.1, -0.05) is 50.4 Å². The van der Waals surface area contributed by atoms with E-state index in [1.54, 1.807) is 43.0 Å². The summed E-state index contributed by atoms with van der Waals surface area (Å²) in [5.41, 5.74) is 0.239. The molecule has 1 saturated heterocycles. The Bertz CT molecular complexity index is 990. The fourth-order valence-corrected chi connectivity index (χ4v) is 6.47. The highest BCUT2D eigenvalue weighted by Crippen LogP contribution is 2.29. The number of rotatable bonds is 8. The first-order chi connectivity index (χ1) is 15.6. The van der Waals surface area contributed by atoms with E-state index in [-0.39, 0.29) is 40.1 Å². The number of hydrogen-bond acceptors (Lipinski definition) is 6. The lowest BCUT2D eigenvalue weighted by atomic mass is 10.0. The topological polar surface area (TPSA) is 110 Å². The van der Waals surface area contributed by atoms with Crippen LogP contribution in [0, 0.1) is 5.92 Å². The third kappa shape index (κ3) is 6.47. The van der Waals surface area contributed by atoms with Gasteiger partial charge in [-0.25, -0.2) is 13.2 Å². The number of nitrogens with zero attached hydrogens (tertiary/aromatic N) is 1. The maximum absolute atomic E-state index is 13.1. The Balaban J connectivity index is 1.65. The molecule has 2 atom stereocenters. The quantitative estimate of drug-likeness (QED) is 0.552. The van der Waals surface area contributed by atoms with Gasteiger partial charge >= 0.3 is 5.97 Å². The van der Waals surface area contributed by atoms with Crippen molar-refractivity contribution in [3.05, 3.63) is 34.9 Å². The van der Waals surface area contributed by atoms with Gasteiger partial charge in [-0.15, -0.1) is 0 Å². The number of amides is 2. The fourth-order valence-electron chi connectivity index (χ4n) is 4.54. The Labute approximate surface area is 199 Å². The minimum Gasteiger partial charge on any atom is -0.454 e. The van der Waals surface area contributed by atoms with Gasteiger partial charge in [0.15, 0.2) is 16.4 Å². The molecule has 2 fully saturated rings. The van der Waals surface area contributed by atoms with E-state index in [4.69, 9.17) is 16.3 Å². The molecule has 2 aliphatic rings. The summed E-state index contributed by atoms with van der Waals surface area (Å²) in [7, 11) is -3.16. The minimum absolute atomic E-state index is 0.0321. The van der Waals surface area contributed by atoms with E-state index in [0.717, 1.165) is 25.7 Å². The summed E-state index contributed by atoms with van der Waals surface area (Å²) in [5, 5.41) is 2.91. The average Bonchev–Trinajstić information content (AvgIpc) is 3.40. The van der Waals surface area contributed by atoms with Crippen LogP contribution in [0.3, 0.4) is 0 Å². The Morgan fingerprint density at radius 1 is 1.12 bits per heavy atom. The standard InChI is InChI=1S/C23H31ClN2O6S/c1-15(2)21(25-22(28)18-9-5-6-10-19(18)24)23(29)32-13-20(27)26(16-7-3-4-8-16)17-11-12-33(30,31)14-17/h5-6,9-10,15-17,21H,3-4,7-8,11-14H2,1-2H3,(H,25,28)/t17?,21-/m0/s1. The normalized spacial score (nSPS) is 21.0. The number of ether oxygens (including phenoxy) is 1. The zero-order valence-corrected chi connectivity index (χ0v) is 20.5. The fraction of sp³-hybridized carbons (Fsp3) is 0.609. The van der Waals surface area contributed by atoms with Crippen LogP contribution in [-0.2, 0) is 24.2 Å². The number of carbonyl (C=O) groups excluding carboxylic acids is 3. The van der Waals surface area contributed by atoms with Gasteiger partial charge in [0.05, 0.1) is 22.1 Å². The zero-order chi connectivity index (χ0) is 24.2. The van der Waals surface area contributed by atoms with Crippen molar-refractivity contribution in [2.75, 3.05) is 18.1 Å². The first-order valence-electron chi connectivity index (χ1n) is 11.3. The van der Waals surface area contributed by atoms with E-state index in [0.29, 0.717) is 6.42 Å². The van der Waals surface area contributed by atoms with E-state index in [1.807, 2.05) is 0 Å². The van der Waals surface area contributed by atoms with E-state index >= 15 is 0 Å². The molecule has 33 heavy (non-hydrogen) atoms. The monoisotopic (exact) mass is 498 g/mol. The van der Waals surface area contributed by atoms with E-state index < -0.39 is 40.3 Å². The number of esters is 1. The number of carbonyl (C=O) groups is 3. The van der Waals surface area contributed by atoms with Crippen molar-refractivity contribution >= 4 is 39.2 Å². The maximum atomic E-state index is 13.1. The second-order valence-electron chi connectivity index (χ2n) is 9.08. The molecule has 1 aliphatic carbocycles. The van der Waals surface area contributed by atoms with Crippen molar-refractivity contribution in [2.24, 2.45) is 5.92 Å². The average molecular weight is 499 g/mol. The van der Waals surface area contributed by atoms with Gasteiger partial charge < -0.3 is 15.0 Å². The van der Waals surface area contributed by atoms with E-state index in [1.165, 1.54) is 0 Å². The molecule has 182 valence electrons. The number of nitrogens with one attached hydrogen (secondary N) is 1. The summed E-state index contributed by atoms with van der Waals surface area (Å²) >= 11 is 6.07. The van der Waals surface area contributed by atoms with Crippen molar-refractivity contribution in [2.45, 2.75) is 64.1 Å². The summed E-state index contributed by atoms with van der Waals surface area (Å²) in [5.74, 6) is -1.89. The van der Waals surface area contributed by atoms with E-state index in [9.17, 15) is 22.8 Å². The summed E-state index contributed by atoms with van der Waals surface area (Å²) in [4.78, 5) is 40.1. The second kappa shape index (κ2) is 10.9. The summed E-state index contributed by atoms with van der Waals surface area (Å²) in [6, 6.07) is 5.12. The lowest BCUT2D eigenvalue weighted by molar-refractivity contribution is -0.156. The Morgan fingerprint density at radius 2 is 1.79 bits per heavy atom.